The molecule has 0 aliphatic heterocycles. The number of benzene rings is 2. The Morgan fingerprint density at radius 3 is 2.45 bits per heavy atom. The van der Waals surface area contributed by atoms with E-state index < -0.39 is 10.8 Å². The van der Waals surface area contributed by atoms with E-state index in [0.29, 0.717) is 15.9 Å². The summed E-state index contributed by atoms with van der Waals surface area (Å²) >= 11 is 5.91. The number of rotatable bonds is 4. The van der Waals surface area contributed by atoms with Crippen LogP contribution in [0.1, 0.15) is 5.56 Å². The van der Waals surface area contributed by atoms with Crippen LogP contribution in [-0.4, -0.2) is 13.8 Å². The molecule has 0 saturated carbocycles. The van der Waals surface area contributed by atoms with E-state index in [4.69, 9.17) is 11.6 Å². The zero-order chi connectivity index (χ0) is 15.5. The Hall–Kier alpha value is -1.91. The van der Waals surface area contributed by atoms with Gasteiger partial charge in [0, 0.05) is 12.1 Å². The molecule has 0 radical (unpaired) electrons. The lowest BCUT2D eigenvalue weighted by atomic mass is 10.2. The van der Waals surface area contributed by atoms with Crippen molar-refractivity contribution in [2.45, 2.75) is 10.9 Å². The Kier molecular flexibility index (Phi) is 4.41. The van der Waals surface area contributed by atoms with Crippen molar-refractivity contribution in [1.82, 2.24) is 9.55 Å². The first-order chi connectivity index (χ1) is 10.6. The highest BCUT2D eigenvalue weighted by Crippen LogP contribution is 2.23. The summed E-state index contributed by atoms with van der Waals surface area (Å²) in [6.45, 7) is 0. The van der Waals surface area contributed by atoms with Gasteiger partial charge >= 0.3 is 0 Å². The van der Waals surface area contributed by atoms with Crippen LogP contribution >= 0.6 is 11.6 Å². The Morgan fingerprint density at radius 1 is 1.09 bits per heavy atom. The largest absolute Gasteiger partial charge is 0.320 e. The van der Waals surface area contributed by atoms with Gasteiger partial charge < -0.3 is 4.57 Å². The second-order valence-electron chi connectivity index (χ2n) is 4.97. The molecule has 3 aromatic rings. The molecule has 0 bridgehead atoms. The number of imidazole rings is 1. The molecule has 0 aliphatic rings. The molecule has 3 rings (SSSR count). The van der Waals surface area contributed by atoms with Crippen LogP contribution in [-0.2, 0) is 23.6 Å². The third-order valence-electron chi connectivity index (χ3n) is 3.43. The number of hydrogen-bond donors (Lipinski definition) is 0. The fraction of sp³-hybridized carbons (Fsp3) is 0.118. The topological polar surface area (TPSA) is 34.9 Å². The van der Waals surface area contributed by atoms with Gasteiger partial charge in [-0.05, 0) is 23.3 Å². The molecule has 0 saturated heterocycles. The molecular formula is C17H15ClN2OS. The van der Waals surface area contributed by atoms with Crippen molar-refractivity contribution < 1.29 is 4.21 Å². The molecule has 3 nitrogen and oxygen atoms in total. The van der Waals surface area contributed by atoms with Crippen molar-refractivity contribution in [3.63, 3.8) is 0 Å². The maximum atomic E-state index is 12.5. The monoisotopic (exact) mass is 330 g/mol. The molecule has 0 spiro atoms. The van der Waals surface area contributed by atoms with Gasteiger partial charge in [0.1, 0.15) is 0 Å². The fourth-order valence-electron chi connectivity index (χ4n) is 2.28. The van der Waals surface area contributed by atoms with Gasteiger partial charge in [0.15, 0.2) is 5.16 Å². The Bertz CT molecular complexity index is 797. The average Bonchev–Trinajstić information content (AvgIpc) is 2.91. The van der Waals surface area contributed by atoms with E-state index in [1.54, 1.807) is 6.20 Å². The number of halogens is 1. The molecule has 22 heavy (non-hydrogen) atoms. The summed E-state index contributed by atoms with van der Waals surface area (Å²) in [4.78, 5) is 4.34. The predicted molar refractivity (Wildman–Crippen MR) is 90.2 cm³/mol. The van der Waals surface area contributed by atoms with Crippen molar-refractivity contribution in [2.24, 2.45) is 7.05 Å². The fourth-order valence-corrected chi connectivity index (χ4v) is 3.61. The van der Waals surface area contributed by atoms with Gasteiger partial charge in [-0.25, -0.2) is 4.98 Å². The first-order valence-electron chi connectivity index (χ1n) is 6.85. The SMILES string of the molecule is Cn1c(-c2ccc(Cl)cc2)cnc1S(=O)Cc1ccccc1. The molecule has 1 atom stereocenters. The highest BCUT2D eigenvalue weighted by molar-refractivity contribution is 7.84. The summed E-state index contributed by atoms with van der Waals surface area (Å²) in [6, 6.07) is 17.3. The molecule has 2 aromatic carbocycles. The number of aromatic nitrogens is 2. The maximum absolute atomic E-state index is 12.5. The molecule has 0 aliphatic carbocycles. The van der Waals surface area contributed by atoms with E-state index in [1.165, 1.54) is 0 Å². The molecule has 1 heterocycles. The third kappa shape index (κ3) is 3.13. The summed E-state index contributed by atoms with van der Waals surface area (Å²) in [5, 5.41) is 1.27. The second kappa shape index (κ2) is 6.46. The highest BCUT2D eigenvalue weighted by Gasteiger charge is 2.14. The van der Waals surface area contributed by atoms with Crippen molar-refractivity contribution in [1.29, 1.82) is 0 Å². The van der Waals surface area contributed by atoms with Crippen LogP contribution < -0.4 is 0 Å². The van der Waals surface area contributed by atoms with E-state index in [1.807, 2.05) is 66.2 Å². The van der Waals surface area contributed by atoms with E-state index in [0.717, 1.165) is 16.8 Å². The minimum absolute atomic E-state index is 0.464. The van der Waals surface area contributed by atoms with Gasteiger partial charge in [0.2, 0.25) is 0 Å². The Morgan fingerprint density at radius 2 is 1.77 bits per heavy atom. The smallest absolute Gasteiger partial charge is 0.199 e. The molecular weight excluding hydrogens is 316 g/mol. The van der Waals surface area contributed by atoms with E-state index in [2.05, 4.69) is 4.98 Å². The average molecular weight is 331 g/mol. The van der Waals surface area contributed by atoms with Crippen LogP contribution in [0.15, 0.2) is 66.0 Å². The second-order valence-corrected chi connectivity index (χ2v) is 6.75. The van der Waals surface area contributed by atoms with E-state index in [-0.39, 0.29) is 0 Å². The van der Waals surface area contributed by atoms with Crippen molar-refractivity contribution >= 4 is 22.4 Å². The Labute approximate surface area is 137 Å². The molecule has 112 valence electrons. The van der Waals surface area contributed by atoms with Crippen LogP contribution in [0, 0.1) is 0 Å². The molecule has 0 fully saturated rings. The normalized spacial score (nSPS) is 12.3. The van der Waals surface area contributed by atoms with Crippen LogP contribution in [0.3, 0.4) is 0 Å². The zero-order valence-corrected chi connectivity index (χ0v) is 13.6. The van der Waals surface area contributed by atoms with Crippen molar-refractivity contribution in [3.8, 4) is 11.3 Å². The number of nitrogens with zero attached hydrogens (tertiary/aromatic N) is 2. The van der Waals surface area contributed by atoms with Crippen molar-refractivity contribution in [2.75, 3.05) is 0 Å². The first-order valence-corrected chi connectivity index (χ1v) is 8.55. The quantitative estimate of drug-likeness (QED) is 0.723. The van der Waals surface area contributed by atoms with Gasteiger partial charge in [0.05, 0.1) is 28.4 Å². The highest BCUT2D eigenvalue weighted by atomic mass is 35.5. The van der Waals surface area contributed by atoms with Gasteiger partial charge in [-0.1, -0.05) is 54.1 Å². The summed E-state index contributed by atoms with van der Waals surface area (Å²) in [5.41, 5.74) is 2.97. The van der Waals surface area contributed by atoms with Crippen LogP contribution in [0.4, 0.5) is 0 Å². The lowest BCUT2D eigenvalue weighted by Crippen LogP contribution is -2.05. The summed E-state index contributed by atoms with van der Waals surface area (Å²) in [7, 11) is 0.707. The predicted octanol–water partition coefficient (Wildman–Crippen LogP) is 4.05. The summed E-state index contributed by atoms with van der Waals surface area (Å²) in [5.74, 6) is 0.464. The standard InChI is InChI=1S/C17H15ClN2OS/c1-20-16(14-7-9-15(18)10-8-14)11-19-17(20)22(21)12-13-5-3-2-4-6-13/h2-11H,12H2,1H3. The third-order valence-corrected chi connectivity index (χ3v) is 5.06. The van der Waals surface area contributed by atoms with Crippen molar-refractivity contribution in [3.05, 3.63) is 71.4 Å². The van der Waals surface area contributed by atoms with E-state index in [9.17, 15) is 4.21 Å². The van der Waals surface area contributed by atoms with Gasteiger partial charge in [-0.15, -0.1) is 0 Å². The summed E-state index contributed by atoms with van der Waals surface area (Å²) in [6.07, 6.45) is 1.75. The first kappa shape index (κ1) is 15.0. The molecule has 0 amide bonds. The molecule has 1 aromatic heterocycles. The molecule has 0 N–H and O–H groups in total. The maximum Gasteiger partial charge on any atom is 0.199 e. The van der Waals surface area contributed by atoms with Crippen LogP contribution in [0.25, 0.3) is 11.3 Å². The van der Waals surface area contributed by atoms with Crippen LogP contribution in [0.2, 0.25) is 5.02 Å². The van der Waals surface area contributed by atoms with Gasteiger partial charge in [-0.3, -0.25) is 4.21 Å². The molecule has 1 unspecified atom stereocenters. The number of hydrogen-bond acceptors (Lipinski definition) is 2. The van der Waals surface area contributed by atoms with E-state index >= 15 is 0 Å². The van der Waals surface area contributed by atoms with Gasteiger partial charge in [-0.2, -0.15) is 0 Å². The molecule has 5 heteroatoms. The van der Waals surface area contributed by atoms with Crippen LogP contribution in [0.5, 0.6) is 0 Å². The lowest BCUT2D eigenvalue weighted by molar-refractivity contribution is 0.665. The summed E-state index contributed by atoms with van der Waals surface area (Å²) < 4.78 is 14.4. The Balaban J connectivity index is 1.87. The zero-order valence-electron chi connectivity index (χ0n) is 12.1. The lowest BCUT2D eigenvalue weighted by Gasteiger charge is -2.06. The minimum Gasteiger partial charge on any atom is -0.320 e. The minimum atomic E-state index is -1.18. The van der Waals surface area contributed by atoms with Gasteiger partial charge in [0.25, 0.3) is 0 Å².